The molecule has 0 amide bonds. The zero-order valence-electron chi connectivity index (χ0n) is 10.7. The minimum Gasteiger partial charge on any atom is -0.330 e. The highest BCUT2D eigenvalue weighted by Crippen LogP contribution is 2.21. The van der Waals surface area contributed by atoms with E-state index in [1.165, 1.54) is 16.6 Å². The number of rotatable bonds is 5. The zero-order chi connectivity index (χ0) is 12.3. The van der Waals surface area contributed by atoms with E-state index in [4.69, 9.17) is 10.8 Å². The number of benzene rings is 1. The molecule has 1 unspecified atom stereocenters. The molecule has 2 rings (SSSR count). The number of aromatic nitrogens is 2. The van der Waals surface area contributed by atoms with E-state index in [0.29, 0.717) is 5.92 Å². The van der Waals surface area contributed by atoms with E-state index >= 15 is 0 Å². The molecule has 0 bridgehead atoms. The number of para-hydroxylation sites is 1. The minimum absolute atomic E-state index is 0.540. The van der Waals surface area contributed by atoms with Gasteiger partial charge in [0.25, 0.3) is 0 Å². The van der Waals surface area contributed by atoms with Crippen molar-refractivity contribution < 1.29 is 0 Å². The molecule has 92 valence electrons. The van der Waals surface area contributed by atoms with Gasteiger partial charge in [-0.05, 0) is 31.9 Å². The van der Waals surface area contributed by atoms with E-state index in [9.17, 15) is 0 Å². The molecule has 0 saturated carbocycles. The first-order valence-corrected chi connectivity index (χ1v) is 6.44. The van der Waals surface area contributed by atoms with Gasteiger partial charge in [0.05, 0.1) is 11.2 Å². The van der Waals surface area contributed by atoms with Crippen molar-refractivity contribution in [2.45, 2.75) is 33.2 Å². The predicted octanol–water partition coefficient (Wildman–Crippen LogP) is 2.58. The van der Waals surface area contributed by atoms with Crippen LogP contribution in [0.15, 0.2) is 24.3 Å². The van der Waals surface area contributed by atoms with Crippen LogP contribution in [-0.2, 0) is 13.0 Å². The number of hydrogen-bond acceptors (Lipinski definition) is 2. The summed E-state index contributed by atoms with van der Waals surface area (Å²) in [6.45, 7) is 5.98. The molecule has 0 aliphatic heterocycles. The maximum Gasteiger partial charge on any atom is 0.0706 e. The first-order valence-electron chi connectivity index (χ1n) is 6.44. The van der Waals surface area contributed by atoms with Crippen molar-refractivity contribution in [1.82, 2.24) is 9.78 Å². The van der Waals surface area contributed by atoms with Crippen LogP contribution in [0, 0.1) is 5.92 Å². The van der Waals surface area contributed by atoms with Crippen LogP contribution in [0.1, 0.15) is 26.0 Å². The fourth-order valence-electron chi connectivity index (χ4n) is 2.26. The second kappa shape index (κ2) is 5.32. The molecular formula is C14H21N3. The quantitative estimate of drug-likeness (QED) is 0.859. The number of hydrogen-bond donors (Lipinski definition) is 1. The Morgan fingerprint density at radius 2 is 2.06 bits per heavy atom. The smallest absolute Gasteiger partial charge is 0.0706 e. The molecule has 0 fully saturated rings. The molecule has 1 atom stereocenters. The molecule has 3 heteroatoms. The van der Waals surface area contributed by atoms with Crippen LogP contribution >= 0.6 is 0 Å². The maximum atomic E-state index is 5.78. The van der Waals surface area contributed by atoms with Gasteiger partial charge in [-0.2, -0.15) is 5.10 Å². The third kappa shape index (κ3) is 2.34. The molecule has 0 saturated heterocycles. The Balaban J connectivity index is 2.40. The van der Waals surface area contributed by atoms with Gasteiger partial charge in [0.1, 0.15) is 0 Å². The second-order valence-electron chi connectivity index (χ2n) is 4.49. The van der Waals surface area contributed by atoms with E-state index in [1.54, 1.807) is 0 Å². The molecular weight excluding hydrogens is 210 g/mol. The molecule has 2 aromatic rings. The van der Waals surface area contributed by atoms with E-state index in [0.717, 1.165) is 25.9 Å². The summed E-state index contributed by atoms with van der Waals surface area (Å²) in [6, 6.07) is 8.45. The molecule has 3 nitrogen and oxygen atoms in total. The first-order chi connectivity index (χ1) is 8.30. The van der Waals surface area contributed by atoms with E-state index < -0.39 is 0 Å². The molecule has 1 aromatic carbocycles. The Labute approximate surface area is 103 Å². The van der Waals surface area contributed by atoms with Crippen LogP contribution in [0.4, 0.5) is 0 Å². The van der Waals surface area contributed by atoms with Crippen LogP contribution in [0.2, 0.25) is 0 Å². The van der Waals surface area contributed by atoms with Crippen LogP contribution in [-0.4, -0.2) is 16.3 Å². The molecule has 1 heterocycles. The third-order valence-electron chi connectivity index (χ3n) is 3.43. The number of nitrogens with two attached hydrogens (primary N) is 1. The summed E-state index contributed by atoms with van der Waals surface area (Å²) in [5.41, 5.74) is 8.21. The lowest BCUT2D eigenvalue weighted by atomic mass is 9.99. The van der Waals surface area contributed by atoms with E-state index in [-0.39, 0.29) is 0 Å². The normalized spacial score (nSPS) is 13.1. The molecule has 0 aliphatic rings. The highest BCUT2D eigenvalue weighted by atomic mass is 15.3. The summed E-state index contributed by atoms with van der Waals surface area (Å²) in [7, 11) is 0. The Morgan fingerprint density at radius 1 is 1.29 bits per heavy atom. The summed E-state index contributed by atoms with van der Waals surface area (Å²) in [6.07, 6.45) is 2.10. The Morgan fingerprint density at radius 3 is 2.71 bits per heavy atom. The van der Waals surface area contributed by atoms with Gasteiger partial charge >= 0.3 is 0 Å². The summed E-state index contributed by atoms with van der Waals surface area (Å²) in [5.74, 6) is 0.540. The van der Waals surface area contributed by atoms with Crippen molar-refractivity contribution >= 4 is 10.9 Å². The average Bonchev–Trinajstić information content (AvgIpc) is 2.74. The van der Waals surface area contributed by atoms with Gasteiger partial charge in [0, 0.05) is 11.9 Å². The molecule has 0 aliphatic carbocycles. The molecule has 0 radical (unpaired) electrons. The molecule has 17 heavy (non-hydrogen) atoms. The van der Waals surface area contributed by atoms with Gasteiger partial charge in [-0.25, -0.2) is 0 Å². The fraction of sp³-hybridized carbons (Fsp3) is 0.500. The largest absolute Gasteiger partial charge is 0.330 e. The van der Waals surface area contributed by atoms with Crippen molar-refractivity contribution in [2.75, 3.05) is 6.54 Å². The lowest BCUT2D eigenvalue weighted by molar-refractivity contribution is 0.508. The van der Waals surface area contributed by atoms with Crippen LogP contribution < -0.4 is 5.73 Å². The van der Waals surface area contributed by atoms with Gasteiger partial charge in [-0.15, -0.1) is 0 Å². The number of aryl methyl sites for hydroxylation is 1. The zero-order valence-corrected chi connectivity index (χ0v) is 10.7. The maximum absolute atomic E-state index is 5.78. The van der Waals surface area contributed by atoms with Gasteiger partial charge < -0.3 is 5.73 Å². The molecule has 2 N–H and O–H groups in total. The summed E-state index contributed by atoms with van der Waals surface area (Å²) in [5, 5.41) is 5.98. The summed E-state index contributed by atoms with van der Waals surface area (Å²) < 4.78 is 2.08. The Hall–Kier alpha value is -1.35. The van der Waals surface area contributed by atoms with E-state index in [1.807, 2.05) is 0 Å². The average molecular weight is 231 g/mol. The lowest BCUT2D eigenvalue weighted by Gasteiger charge is -2.09. The minimum atomic E-state index is 0.540. The fourth-order valence-corrected chi connectivity index (χ4v) is 2.26. The standard InChI is InChI=1S/C14H21N3/c1-3-11(10-15)9-13-12-7-5-6-8-14(12)17(4-2)16-13/h5-8,11H,3-4,9-10,15H2,1-2H3. The van der Waals surface area contributed by atoms with Gasteiger partial charge in [-0.1, -0.05) is 31.5 Å². The third-order valence-corrected chi connectivity index (χ3v) is 3.43. The van der Waals surface area contributed by atoms with Gasteiger partial charge in [0.15, 0.2) is 0 Å². The number of fused-ring (bicyclic) bond motifs is 1. The highest BCUT2D eigenvalue weighted by Gasteiger charge is 2.13. The summed E-state index contributed by atoms with van der Waals surface area (Å²) in [4.78, 5) is 0. The van der Waals surface area contributed by atoms with Gasteiger partial charge in [-0.3, -0.25) is 4.68 Å². The SMILES string of the molecule is CCC(CN)Cc1nn(CC)c2ccccc12. The topological polar surface area (TPSA) is 43.8 Å². The first kappa shape index (κ1) is 12.1. The second-order valence-corrected chi connectivity index (χ2v) is 4.49. The van der Waals surface area contributed by atoms with Crippen molar-refractivity contribution in [3.8, 4) is 0 Å². The highest BCUT2D eigenvalue weighted by molar-refractivity contribution is 5.81. The van der Waals surface area contributed by atoms with Crippen molar-refractivity contribution in [1.29, 1.82) is 0 Å². The van der Waals surface area contributed by atoms with Crippen LogP contribution in [0.5, 0.6) is 0 Å². The molecule has 0 spiro atoms. The van der Waals surface area contributed by atoms with Crippen LogP contribution in [0.3, 0.4) is 0 Å². The predicted molar refractivity (Wildman–Crippen MR) is 71.9 cm³/mol. The number of nitrogens with zero attached hydrogens (tertiary/aromatic N) is 2. The van der Waals surface area contributed by atoms with Crippen molar-refractivity contribution in [3.05, 3.63) is 30.0 Å². The Kier molecular flexibility index (Phi) is 3.79. The molecule has 1 aromatic heterocycles. The van der Waals surface area contributed by atoms with E-state index in [2.05, 4.69) is 42.8 Å². The van der Waals surface area contributed by atoms with Crippen molar-refractivity contribution in [3.63, 3.8) is 0 Å². The summed E-state index contributed by atoms with van der Waals surface area (Å²) >= 11 is 0. The van der Waals surface area contributed by atoms with Crippen LogP contribution in [0.25, 0.3) is 10.9 Å². The lowest BCUT2D eigenvalue weighted by Crippen LogP contribution is -2.16. The monoisotopic (exact) mass is 231 g/mol. The van der Waals surface area contributed by atoms with Crippen molar-refractivity contribution in [2.24, 2.45) is 11.7 Å². The van der Waals surface area contributed by atoms with Gasteiger partial charge in [0.2, 0.25) is 0 Å². The Bertz CT molecular complexity index is 483.